The fourth-order valence-corrected chi connectivity index (χ4v) is 9.19. The second kappa shape index (κ2) is 7.65. The molecule has 6 aromatic rings. The van der Waals surface area contributed by atoms with Crippen LogP contribution in [0.25, 0.3) is 32.3 Å². The van der Waals surface area contributed by atoms with Gasteiger partial charge in [-0.05, 0) is 68.7 Å². The smallest absolute Gasteiger partial charge is 0.233 e. The second-order valence-electron chi connectivity index (χ2n) is 9.01. The summed E-state index contributed by atoms with van der Waals surface area (Å²) in [5, 5.41) is 6.12. The molecule has 1 heterocycles. The number of para-hydroxylation sites is 1. The molecule has 7 rings (SSSR count). The molecule has 0 saturated carbocycles. The van der Waals surface area contributed by atoms with Gasteiger partial charge in [-0.3, -0.25) is 0 Å². The van der Waals surface area contributed by atoms with E-state index in [1.807, 2.05) is 42.5 Å². The van der Waals surface area contributed by atoms with E-state index in [-0.39, 0.29) is 20.4 Å². The van der Waals surface area contributed by atoms with Gasteiger partial charge in [-0.25, -0.2) is 21.1 Å². The third kappa shape index (κ3) is 3.01. The van der Waals surface area contributed by atoms with Crippen molar-refractivity contribution in [2.75, 3.05) is 4.31 Å². The van der Waals surface area contributed by atoms with E-state index in [2.05, 4.69) is 18.2 Å². The number of hydrogen-bond acceptors (Lipinski definition) is 4. The lowest BCUT2D eigenvalue weighted by molar-refractivity contribution is 0.586. The predicted molar refractivity (Wildman–Crippen MR) is 147 cm³/mol. The van der Waals surface area contributed by atoms with Crippen LogP contribution in [-0.4, -0.2) is 16.8 Å². The lowest BCUT2D eigenvalue weighted by atomic mass is 9.94. The minimum atomic E-state index is -4.27. The van der Waals surface area contributed by atoms with Crippen molar-refractivity contribution in [3.05, 3.63) is 115 Å². The lowest BCUT2D eigenvalue weighted by Gasteiger charge is -2.25. The average molecular weight is 522 g/mol. The molecule has 0 amide bonds. The van der Waals surface area contributed by atoms with Crippen LogP contribution in [0.3, 0.4) is 0 Å². The number of nitrogens with zero attached hydrogens (tertiary/aromatic N) is 1. The summed E-state index contributed by atoms with van der Waals surface area (Å²) in [6.07, 6.45) is 0. The maximum atomic E-state index is 14.1. The maximum absolute atomic E-state index is 14.1. The Morgan fingerprint density at radius 2 is 0.892 bits per heavy atom. The van der Waals surface area contributed by atoms with Crippen LogP contribution in [0.15, 0.2) is 130 Å². The Morgan fingerprint density at radius 3 is 1.51 bits per heavy atom. The third-order valence-electron chi connectivity index (χ3n) is 6.99. The van der Waals surface area contributed by atoms with E-state index in [4.69, 9.17) is 0 Å². The summed E-state index contributed by atoms with van der Waals surface area (Å²) >= 11 is 0. The van der Waals surface area contributed by atoms with Crippen LogP contribution >= 0.6 is 0 Å². The topological polar surface area (TPSA) is 71.5 Å². The highest BCUT2D eigenvalue weighted by atomic mass is 32.2. The van der Waals surface area contributed by atoms with Gasteiger partial charge in [0.25, 0.3) is 10.0 Å². The molecule has 6 aromatic carbocycles. The Labute approximate surface area is 214 Å². The molecule has 0 aromatic heterocycles. The molecule has 37 heavy (non-hydrogen) atoms. The minimum absolute atomic E-state index is 0.0491. The zero-order valence-corrected chi connectivity index (χ0v) is 21.0. The zero-order valence-electron chi connectivity index (χ0n) is 19.4. The molecule has 0 bridgehead atoms. The van der Waals surface area contributed by atoms with Gasteiger partial charge in [0.2, 0.25) is 9.84 Å². The summed E-state index contributed by atoms with van der Waals surface area (Å²) in [5.41, 5.74) is 0.468. The molecule has 0 radical (unpaired) electrons. The number of fused-ring (bicyclic) bond motifs is 8. The van der Waals surface area contributed by atoms with E-state index >= 15 is 0 Å². The van der Waals surface area contributed by atoms with Crippen LogP contribution in [0.2, 0.25) is 0 Å². The summed E-state index contributed by atoms with van der Waals surface area (Å²) < 4.78 is 56.7. The first-order valence-electron chi connectivity index (χ1n) is 11.7. The van der Waals surface area contributed by atoms with Gasteiger partial charge in [0.1, 0.15) is 4.90 Å². The standard InChI is InChI=1S/C30H19NO4S2/c32-36(33)28-14-6-5-13-27(28)31(37(34,35)30-16-8-7-15-29(30)36)20-17-18-25-23-11-2-1-9-21(23)22-10-3-4-12-24(22)26(25)19-20/h1-19H. The molecule has 0 N–H and O–H groups in total. The third-order valence-corrected chi connectivity index (χ3v) is 10.8. The van der Waals surface area contributed by atoms with Gasteiger partial charge in [0, 0.05) is 0 Å². The summed E-state index contributed by atoms with van der Waals surface area (Å²) in [6.45, 7) is 0. The molecular weight excluding hydrogens is 502 g/mol. The Balaban J connectivity index is 1.62. The number of hydrogen-bond donors (Lipinski definition) is 0. The van der Waals surface area contributed by atoms with Crippen molar-refractivity contribution in [2.24, 2.45) is 0 Å². The number of rotatable bonds is 1. The SMILES string of the molecule is O=S1(=O)c2ccccc2N(c2ccc3c4ccccc4c4ccccc4c3c2)S(=O)(=O)c2ccccc21. The van der Waals surface area contributed by atoms with Crippen LogP contribution in [-0.2, 0) is 19.9 Å². The molecule has 0 fully saturated rings. The molecule has 0 saturated heterocycles. The van der Waals surface area contributed by atoms with Gasteiger partial charge in [0.05, 0.1) is 21.2 Å². The highest BCUT2D eigenvalue weighted by Crippen LogP contribution is 2.45. The molecule has 0 aliphatic carbocycles. The molecule has 1 aliphatic rings. The van der Waals surface area contributed by atoms with Crippen LogP contribution < -0.4 is 4.31 Å². The van der Waals surface area contributed by atoms with Gasteiger partial charge in [-0.2, -0.15) is 0 Å². The van der Waals surface area contributed by atoms with Gasteiger partial charge in [-0.1, -0.05) is 78.9 Å². The van der Waals surface area contributed by atoms with Crippen LogP contribution in [0.4, 0.5) is 11.4 Å². The molecule has 1 aliphatic heterocycles. The van der Waals surface area contributed by atoms with Gasteiger partial charge < -0.3 is 0 Å². The summed E-state index contributed by atoms with van der Waals surface area (Å²) in [5.74, 6) is 0. The highest BCUT2D eigenvalue weighted by Gasteiger charge is 2.40. The number of anilines is 2. The number of sulfonamides is 1. The molecule has 0 spiro atoms. The van der Waals surface area contributed by atoms with Crippen molar-refractivity contribution >= 4 is 63.6 Å². The first-order valence-corrected chi connectivity index (χ1v) is 14.6. The van der Waals surface area contributed by atoms with Crippen LogP contribution in [0.1, 0.15) is 0 Å². The molecule has 7 heteroatoms. The van der Waals surface area contributed by atoms with E-state index < -0.39 is 19.9 Å². The molecule has 180 valence electrons. The van der Waals surface area contributed by atoms with E-state index in [9.17, 15) is 16.8 Å². The van der Waals surface area contributed by atoms with Gasteiger partial charge >= 0.3 is 0 Å². The molecule has 5 nitrogen and oxygen atoms in total. The van der Waals surface area contributed by atoms with Crippen molar-refractivity contribution < 1.29 is 16.8 Å². The van der Waals surface area contributed by atoms with Crippen molar-refractivity contribution in [3.8, 4) is 0 Å². The van der Waals surface area contributed by atoms with Crippen LogP contribution in [0, 0.1) is 0 Å². The highest BCUT2D eigenvalue weighted by molar-refractivity contribution is 7.96. The summed E-state index contributed by atoms with van der Waals surface area (Å²) in [4.78, 5) is -0.510. The number of benzene rings is 6. The Hall–Kier alpha value is -4.20. The first-order chi connectivity index (χ1) is 17.9. The van der Waals surface area contributed by atoms with Crippen molar-refractivity contribution in [2.45, 2.75) is 14.7 Å². The summed E-state index contributed by atoms with van der Waals surface area (Å²) in [6, 6.07) is 33.7. The van der Waals surface area contributed by atoms with Gasteiger partial charge in [-0.15, -0.1) is 0 Å². The van der Waals surface area contributed by atoms with E-state index in [1.54, 1.807) is 30.3 Å². The monoisotopic (exact) mass is 521 g/mol. The summed E-state index contributed by atoms with van der Waals surface area (Å²) in [7, 11) is -8.34. The van der Waals surface area contributed by atoms with E-state index in [1.165, 1.54) is 24.3 Å². The quantitative estimate of drug-likeness (QED) is 0.223. The fourth-order valence-electron chi connectivity index (χ4n) is 5.38. The molecule has 0 atom stereocenters. The molecule has 0 unspecified atom stereocenters. The first kappa shape index (κ1) is 22.0. The van der Waals surface area contributed by atoms with E-state index in [0.717, 1.165) is 36.6 Å². The molecular formula is C30H19NO4S2. The van der Waals surface area contributed by atoms with Crippen LogP contribution in [0.5, 0.6) is 0 Å². The maximum Gasteiger partial charge on any atom is 0.270 e. The Bertz CT molecular complexity index is 2100. The normalized spacial score (nSPS) is 15.8. The largest absolute Gasteiger partial charge is 0.270 e. The average Bonchev–Trinajstić information content (AvgIpc) is 2.98. The van der Waals surface area contributed by atoms with Crippen molar-refractivity contribution in [1.82, 2.24) is 0 Å². The predicted octanol–water partition coefficient (Wildman–Crippen LogP) is 6.82. The Kier molecular flexibility index (Phi) is 4.55. The zero-order chi connectivity index (χ0) is 25.4. The van der Waals surface area contributed by atoms with E-state index in [0.29, 0.717) is 5.69 Å². The van der Waals surface area contributed by atoms with Gasteiger partial charge in [0.15, 0.2) is 0 Å². The lowest BCUT2D eigenvalue weighted by Crippen LogP contribution is -2.26. The van der Waals surface area contributed by atoms with Crippen molar-refractivity contribution in [3.63, 3.8) is 0 Å². The second-order valence-corrected chi connectivity index (χ2v) is 12.7. The fraction of sp³-hybridized carbons (Fsp3) is 0. The van der Waals surface area contributed by atoms with Crippen molar-refractivity contribution in [1.29, 1.82) is 0 Å². The minimum Gasteiger partial charge on any atom is -0.233 e. The number of sulfone groups is 1. The Morgan fingerprint density at radius 1 is 0.432 bits per heavy atom.